The summed E-state index contributed by atoms with van der Waals surface area (Å²) in [7, 11) is 0. The number of aromatic nitrogens is 2. The molecular weight excluding hydrogens is 217 g/mol. The SMILES string of the molecule is OC(CCCC(F)(F)F)c1cnsn1. The maximum absolute atomic E-state index is 11.7. The molecule has 1 atom stereocenters. The fraction of sp³-hybridized carbons (Fsp3) is 0.714. The van der Waals surface area contributed by atoms with Crippen molar-refractivity contribution in [3.05, 3.63) is 11.9 Å². The van der Waals surface area contributed by atoms with Gasteiger partial charge in [0.15, 0.2) is 0 Å². The molecular formula is C7H9F3N2OS. The molecule has 1 N–H and O–H groups in total. The Bertz CT molecular complexity index is 262. The van der Waals surface area contributed by atoms with E-state index in [0.717, 1.165) is 11.7 Å². The lowest BCUT2D eigenvalue weighted by molar-refractivity contribution is -0.136. The van der Waals surface area contributed by atoms with Crippen LogP contribution in [-0.4, -0.2) is 20.0 Å². The van der Waals surface area contributed by atoms with Crippen molar-refractivity contribution in [2.75, 3.05) is 0 Å². The number of hydrogen-bond donors (Lipinski definition) is 1. The first kappa shape index (κ1) is 11.4. The number of alkyl halides is 3. The fourth-order valence-electron chi connectivity index (χ4n) is 0.962. The Kier molecular flexibility index (Phi) is 3.82. The lowest BCUT2D eigenvalue weighted by Gasteiger charge is -2.08. The molecule has 0 fully saturated rings. The second kappa shape index (κ2) is 4.70. The van der Waals surface area contributed by atoms with Crippen molar-refractivity contribution in [1.29, 1.82) is 0 Å². The summed E-state index contributed by atoms with van der Waals surface area (Å²) in [6, 6.07) is 0. The highest BCUT2D eigenvalue weighted by molar-refractivity contribution is 6.99. The quantitative estimate of drug-likeness (QED) is 0.856. The Labute approximate surface area is 82.9 Å². The van der Waals surface area contributed by atoms with E-state index in [0.29, 0.717) is 5.69 Å². The molecule has 1 rings (SSSR count). The maximum Gasteiger partial charge on any atom is 0.389 e. The van der Waals surface area contributed by atoms with E-state index in [1.807, 2.05) is 0 Å². The highest BCUT2D eigenvalue weighted by Crippen LogP contribution is 2.25. The van der Waals surface area contributed by atoms with Gasteiger partial charge in [0, 0.05) is 6.42 Å². The molecule has 0 saturated heterocycles. The summed E-state index contributed by atoms with van der Waals surface area (Å²) in [5.74, 6) is 0. The van der Waals surface area contributed by atoms with Crippen LogP contribution < -0.4 is 0 Å². The van der Waals surface area contributed by atoms with Crippen LogP contribution in [0, 0.1) is 0 Å². The smallest absolute Gasteiger partial charge is 0.387 e. The zero-order valence-electron chi connectivity index (χ0n) is 7.16. The third kappa shape index (κ3) is 4.01. The monoisotopic (exact) mass is 226 g/mol. The number of hydrogen-bond acceptors (Lipinski definition) is 4. The van der Waals surface area contributed by atoms with Gasteiger partial charge in [-0.3, -0.25) is 0 Å². The van der Waals surface area contributed by atoms with Crippen molar-refractivity contribution in [1.82, 2.24) is 8.75 Å². The highest BCUT2D eigenvalue weighted by atomic mass is 32.1. The average molecular weight is 226 g/mol. The summed E-state index contributed by atoms with van der Waals surface area (Å²) < 4.78 is 42.6. The van der Waals surface area contributed by atoms with Crippen LogP contribution in [0.1, 0.15) is 31.1 Å². The largest absolute Gasteiger partial charge is 0.389 e. The van der Waals surface area contributed by atoms with Gasteiger partial charge in [-0.25, -0.2) is 0 Å². The molecule has 14 heavy (non-hydrogen) atoms. The summed E-state index contributed by atoms with van der Waals surface area (Å²) in [6.07, 6.45) is -4.63. The van der Waals surface area contributed by atoms with Gasteiger partial charge in [0.2, 0.25) is 0 Å². The second-order valence-electron chi connectivity index (χ2n) is 2.86. The van der Waals surface area contributed by atoms with Gasteiger partial charge in [0.05, 0.1) is 24.0 Å². The molecule has 1 aromatic heterocycles. The summed E-state index contributed by atoms with van der Waals surface area (Å²) in [5.41, 5.74) is 0.345. The van der Waals surface area contributed by atoms with Crippen LogP contribution in [0.2, 0.25) is 0 Å². The Balaban J connectivity index is 2.26. The highest BCUT2D eigenvalue weighted by Gasteiger charge is 2.26. The Morgan fingerprint density at radius 2 is 2.21 bits per heavy atom. The van der Waals surface area contributed by atoms with Gasteiger partial charge in [-0.05, 0) is 12.8 Å². The molecule has 3 nitrogen and oxygen atoms in total. The second-order valence-corrected chi connectivity index (χ2v) is 3.41. The van der Waals surface area contributed by atoms with Crippen molar-refractivity contribution < 1.29 is 18.3 Å². The Morgan fingerprint density at radius 3 is 2.71 bits per heavy atom. The van der Waals surface area contributed by atoms with E-state index in [2.05, 4.69) is 8.75 Å². The maximum atomic E-state index is 11.7. The fourth-order valence-corrected chi connectivity index (χ4v) is 1.43. The minimum absolute atomic E-state index is 0.0604. The predicted molar refractivity (Wildman–Crippen MR) is 44.8 cm³/mol. The van der Waals surface area contributed by atoms with Crippen LogP contribution in [0.25, 0.3) is 0 Å². The number of halogens is 3. The van der Waals surface area contributed by atoms with Crippen molar-refractivity contribution in [3.8, 4) is 0 Å². The van der Waals surface area contributed by atoms with Crippen molar-refractivity contribution >= 4 is 11.7 Å². The molecule has 0 aliphatic heterocycles. The number of aliphatic hydroxyl groups is 1. The average Bonchev–Trinajstić information content (AvgIpc) is 2.53. The van der Waals surface area contributed by atoms with Crippen molar-refractivity contribution in [3.63, 3.8) is 0 Å². The first-order valence-corrected chi connectivity index (χ1v) is 4.74. The zero-order valence-corrected chi connectivity index (χ0v) is 7.98. The molecule has 0 spiro atoms. The molecule has 0 aliphatic carbocycles. The van der Waals surface area contributed by atoms with Crippen LogP contribution in [0.3, 0.4) is 0 Å². The topological polar surface area (TPSA) is 46.0 Å². The molecule has 0 bridgehead atoms. The van der Waals surface area contributed by atoms with Gasteiger partial charge < -0.3 is 5.11 Å². The molecule has 7 heteroatoms. The van der Waals surface area contributed by atoms with Crippen molar-refractivity contribution in [2.45, 2.75) is 31.5 Å². The van der Waals surface area contributed by atoms with Gasteiger partial charge in [-0.1, -0.05) is 0 Å². The molecule has 1 heterocycles. The molecule has 1 aromatic rings. The van der Waals surface area contributed by atoms with Crippen molar-refractivity contribution in [2.24, 2.45) is 0 Å². The van der Waals surface area contributed by atoms with Crippen LogP contribution in [0.15, 0.2) is 6.20 Å². The molecule has 0 saturated carbocycles. The lowest BCUT2D eigenvalue weighted by atomic mass is 10.1. The normalized spacial score (nSPS) is 14.3. The predicted octanol–water partition coefficient (Wildman–Crippen LogP) is 2.30. The van der Waals surface area contributed by atoms with E-state index in [9.17, 15) is 18.3 Å². The zero-order chi connectivity index (χ0) is 10.6. The number of nitrogens with zero attached hydrogens (tertiary/aromatic N) is 2. The molecule has 0 aromatic carbocycles. The molecule has 0 amide bonds. The van der Waals surface area contributed by atoms with Gasteiger partial charge in [0.25, 0.3) is 0 Å². The van der Waals surface area contributed by atoms with Crippen LogP contribution in [0.5, 0.6) is 0 Å². The number of aliphatic hydroxyl groups excluding tert-OH is 1. The van der Waals surface area contributed by atoms with E-state index >= 15 is 0 Å². The van der Waals surface area contributed by atoms with Gasteiger partial charge >= 0.3 is 6.18 Å². The van der Waals surface area contributed by atoms with E-state index in [1.54, 1.807) is 0 Å². The Morgan fingerprint density at radius 1 is 1.50 bits per heavy atom. The van der Waals surface area contributed by atoms with Crippen LogP contribution >= 0.6 is 11.7 Å². The first-order valence-electron chi connectivity index (χ1n) is 4.01. The van der Waals surface area contributed by atoms with Gasteiger partial charge in [-0.2, -0.15) is 21.9 Å². The lowest BCUT2D eigenvalue weighted by Crippen LogP contribution is -2.08. The minimum Gasteiger partial charge on any atom is -0.387 e. The third-order valence-corrected chi connectivity index (χ3v) is 2.15. The summed E-state index contributed by atoms with van der Waals surface area (Å²) >= 11 is 0.925. The van der Waals surface area contributed by atoms with Crippen LogP contribution in [0.4, 0.5) is 13.2 Å². The first-order chi connectivity index (χ1) is 6.49. The summed E-state index contributed by atoms with van der Waals surface area (Å²) in [4.78, 5) is 0. The molecule has 80 valence electrons. The summed E-state index contributed by atoms with van der Waals surface area (Å²) in [6.45, 7) is 0. The van der Waals surface area contributed by atoms with Gasteiger partial charge in [-0.15, -0.1) is 0 Å². The van der Waals surface area contributed by atoms with E-state index in [-0.39, 0.29) is 12.8 Å². The van der Waals surface area contributed by atoms with E-state index in [1.165, 1.54) is 6.20 Å². The van der Waals surface area contributed by atoms with E-state index < -0.39 is 18.7 Å². The van der Waals surface area contributed by atoms with Gasteiger partial charge in [0.1, 0.15) is 5.69 Å². The summed E-state index contributed by atoms with van der Waals surface area (Å²) in [5, 5.41) is 9.34. The minimum atomic E-state index is -4.15. The standard InChI is InChI=1S/C7H9F3N2OS/c8-7(9,10)3-1-2-6(13)5-4-11-14-12-5/h4,6,13H,1-3H2. The molecule has 0 radical (unpaired) electrons. The third-order valence-electron chi connectivity index (χ3n) is 1.66. The number of rotatable bonds is 4. The van der Waals surface area contributed by atoms with Crippen LogP contribution in [-0.2, 0) is 0 Å². The Hall–Kier alpha value is -0.690. The van der Waals surface area contributed by atoms with E-state index in [4.69, 9.17) is 0 Å². The molecule has 1 unspecified atom stereocenters. The molecule has 0 aliphatic rings.